The number of carboxylic acid groups (broad SMARTS) is 1. The van der Waals surface area contributed by atoms with Crippen LogP contribution < -0.4 is 9.64 Å². The predicted molar refractivity (Wildman–Crippen MR) is 78.5 cm³/mol. The second-order valence-corrected chi connectivity index (χ2v) is 4.64. The van der Waals surface area contributed by atoms with Crippen LogP contribution in [0.3, 0.4) is 0 Å². The molecule has 0 aliphatic carbocycles. The van der Waals surface area contributed by atoms with Gasteiger partial charge in [0.25, 0.3) is 0 Å². The Labute approximate surface area is 122 Å². The lowest BCUT2D eigenvalue weighted by Crippen LogP contribution is -2.18. The lowest BCUT2D eigenvalue weighted by Gasteiger charge is -2.22. The van der Waals surface area contributed by atoms with Gasteiger partial charge in [-0.1, -0.05) is 18.2 Å². The molecular weight excluding hydrogens is 273 g/mol. The number of rotatable bonds is 5. The van der Waals surface area contributed by atoms with Crippen LogP contribution in [0, 0.1) is 5.82 Å². The van der Waals surface area contributed by atoms with Crippen LogP contribution in [-0.4, -0.2) is 25.2 Å². The molecule has 0 bridgehead atoms. The molecule has 0 amide bonds. The molecule has 5 heteroatoms. The van der Waals surface area contributed by atoms with Crippen LogP contribution in [0.2, 0.25) is 0 Å². The van der Waals surface area contributed by atoms with E-state index in [-0.39, 0.29) is 5.56 Å². The number of hydrogen-bond donors (Lipinski definition) is 1. The van der Waals surface area contributed by atoms with Gasteiger partial charge in [0.05, 0.1) is 18.4 Å². The molecule has 0 aliphatic rings. The van der Waals surface area contributed by atoms with Gasteiger partial charge in [0.1, 0.15) is 11.6 Å². The molecule has 0 aliphatic heterocycles. The number of carbonyl (C=O) groups is 1. The van der Waals surface area contributed by atoms with Gasteiger partial charge in [0.15, 0.2) is 0 Å². The Hall–Kier alpha value is -2.56. The molecule has 0 aromatic heterocycles. The Balaban J connectivity index is 2.23. The Morgan fingerprint density at radius 3 is 2.62 bits per heavy atom. The normalized spacial score (nSPS) is 10.2. The number of nitrogens with zero attached hydrogens (tertiary/aromatic N) is 1. The van der Waals surface area contributed by atoms with Gasteiger partial charge in [0.2, 0.25) is 0 Å². The molecule has 0 spiro atoms. The van der Waals surface area contributed by atoms with Gasteiger partial charge >= 0.3 is 5.97 Å². The molecular formula is C16H16FNO3. The quantitative estimate of drug-likeness (QED) is 0.918. The summed E-state index contributed by atoms with van der Waals surface area (Å²) in [6.07, 6.45) is 0. The van der Waals surface area contributed by atoms with Crippen LogP contribution >= 0.6 is 0 Å². The zero-order valence-electron chi connectivity index (χ0n) is 11.8. The summed E-state index contributed by atoms with van der Waals surface area (Å²) >= 11 is 0. The average Bonchev–Trinajstić information content (AvgIpc) is 2.48. The maximum absolute atomic E-state index is 13.9. The molecule has 1 N–H and O–H groups in total. The Morgan fingerprint density at radius 2 is 2.00 bits per heavy atom. The maximum atomic E-state index is 13.9. The van der Waals surface area contributed by atoms with E-state index in [1.807, 2.05) is 36.2 Å². The van der Waals surface area contributed by atoms with Crippen molar-refractivity contribution in [2.45, 2.75) is 6.54 Å². The summed E-state index contributed by atoms with van der Waals surface area (Å²) in [5.41, 5.74) is 1.20. The Morgan fingerprint density at radius 1 is 1.29 bits per heavy atom. The van der Waals surface area contributed by atoms with Crippen LogP contribution in [0.5, 0.6) is 5.75 Å². The molecule has 21 heavy (non-hydrogen) atoms. The van der Waals surface area contributed by atoms with E-state index >= 15 is 0 Å². The first-order valence-corrected chi connectivity index (χ1v) is 6.39. The van der Waals surface area contributed by atoms with E-state index in [2.05, 4.69) is 0 Å². The number of ether oxygens (including phenoxy) is 1. The second kappa shape index (κ2) is 6.26. The number of hydrogen-bond acceptors (Lipinski definition) is 3. The average molecular weight is 289 g/mol. The summed E-state index contributed by atoms with van der Waals surface area (Å²) in [6.45, 7) is 0.312. The minimum atomic E-state index is -1.14. The molecule has 2 rings (SSSR count). The molecule has 110 valence electrons. The lowest BCUT2D eigenvalue weighted by atomic mass is 10.1. The summed E-state index contributed by atoms with van der Waals surface area (Å²) in [5, 5.41) is 8.83. The number of para-hydroxylation sites is 2. The zero-order valence-corrected chi connectivity index (χ0v) is 11.8. The van der Waals surface area contributed by atoms with Gasteiger partial charge in [-0.2, -0.15) is 0 Å². The largest absolute Gasteiger partial charge is 0.495 e. The van der Waals surface area contributed by atoms with Crippen molar-refractivity contribution in [2.75, 3.05) is 19.1 Å². The fourth-order valence-corrected chi connectivity index (χ4v) is 2.09. The summed E-state index contributed by atoms with van der Waals surface area (Å²) < 4.78 is 19.2. The zero-order chi connectivity index (χ0) is 15.4. The number of aromatic carboxylic acids is 1. The molecule has 0 heterocycles. The summed E-state index contributed by atoms with van der Waals surface area (Å²) in [6, 6.07) is 11.4. The summed E-state index contributed by atoms with van der Waals surface area (Å²) in [4.78, 5) is 12.6. The van der Waals surface area contributed by atoms with E-state index in [1.165, 1.54) is 12.1 Å². The van der Waals surface area contributed by atoms with E-state index in [9.17, 15) is 9.18 Å². The third kappa shape index (κ3) is 3.31. The van der Waals surface area contributed by atoms with E-state index in [0.717, 1.165) is 11.8 Å². The number of anilines is 1. The lowest BCUT2D eigenvalue weighted by molar-refractivity contribution is 0.0696. The summed E-state index contributed by atoms with van der Waals surface area (Å²) in [7, 11) is 3.40. The third-order valence-electron chi connectivity index (χ3n) is 3.20. The molecule has 0 unspecified atom stereocenters. The van der Waals surface area contributed by atoms with Crippen molar-refractivity contribution in [2.24, 2.45) is 0 Å². The SMILES string of the molecule is COc1ccccc1N(C)Cc1ccc(C(=O)O)cc1F. The van der Waals surface area contributed by atoms with Gasteiger partial charge in [-0.25, -0.2) is 9.18 Å². The van der Waals surface area contributed by atoms with Crippen LogP contribution in [0.25, 0.3) is 0 Å². The molecule has 0 saturated carbocycles. The Bertz CT molecular complexity index is 658. The van der Waals surface area contributed by atoms with Crippen molar-refractivity contribution in [1.29, 1.82) is 0 Å². The van der Waals surface area contributed by atoms with Gasteiger partial charge in [-0.15, -0.1) is 0 Å². The molecule has 0 atom stereocenters. The molecule has 0 saturated heterocycles. The van der Waals surface area contributed by atoms with E-state index < -0.39 is 11.8 Å². The highest BCUT2D eigenvalue weighted by molar-refractivity contribution is 5.87. The van der Waals surface area contributed by atoms with Crippen molar-refractivity contribution >= 4 is 11.7 Å². The van der Waals surface area contributed by atoms with Crippen molar-refractivity contribution in [1.82, 2.24) is 0 Å². The molecule has 2 aromatic rings. The van der Waals surface area contributed by atoms with Crippen molar-refractivity contribution < 1.29 is 19.0 Å². The molecule has 0 radical (unpaired) electrons. The standard InChI is InChI=1S/C16H16FNO3/c1-18(14-5-3-4-6-15(14)21-2)10-12-8-7-11(16(19)20)9-13(12)17/h3-9H,10H2,1-2H3,(H,19,20). The second-order valence-electron chi connectivity index (χ2n) is 4.64. The smallest absolute Gasteiger partial charge is 0.335 e. The first-order valence-electron chi connectivity index (χ1n) is 6.39. The minimum absolute atomic E-state index is 0.0591. The van der Waals surface area contributed by atoms with Gasteiger partial charge in [0, 0.05) is 19.2 Å². The topological polar surface area (TPSA) is 49.8 Å². The first-order chi connectivity index (χ1) is 10.0. The van der Waals surface area contributed by atoms with Crippen LogP contribution in [0.1, 0.15) is 15.9 Å². The number of carboxylic acids is 1. The van der Waals surface area contributed by atoms with E-state index in [0.29, 0.717) is 17.9 Å². The van der Waals surface area contributed by atoms with Gasteiger partial charge in [-0.05, 0) is 24.3 Å². The van der Waals surface area contributed by atoms with Crippen LogP contribution in [0.4, 0.5) is 10.1 Å². The molecule has 0 fully saturated rings. The fourth-order valence-electron chi connectivity index (χ4n) is 2.09. The monoisotopic (exact) mass is 289 g/mol. The third-order valence-corrected chi connectivity index (χ3v) is 3.20. The highest BCUT2D eigenvalue weighted by atomic mass is 19.1. The predicted octanol–water partition coefficient (Wildman–Crippen LogP) is 3.17. The maximum Gasteiger partial charge on any atom is 0.335 e. The van der Waals surface area contributed by atoms with Crippen LogP contribution in [0.15, 0.2) is 42.5 Å². The van der Waals surface area contributed by atoms with Crippen LogP contribution in [-0.2, 0) is 6.54 Å². The highest BCUT2D eigenvalue weighted by Gasteiger charge is 2.12. The van der Waals surface area contributed by atoms with E-state index in [1.54, 1.807) is 7.11 Å². The van der Waals surface area contributed by atoms with E-state index in [4.69, 9.17) is 9.84 Å². The van der Waals surface area contributed by atoms with Gasteiger partial charge in [-0.3, -0.25) is 0 Å². The number of benzene rings is 2. The van der Waals surface area contributed by atoms with Crippen molar-refractivity contribution in [3.05, 3.63) is 59.4 Å². The van der Waals surface area contributed by atoms with Crippen molar-refractivity contribution in [3.8, 4) is 5.75 Å². The molecule has 2 aromatic carbocycles. The summed E-state index contributed by atoms with van der Waals surface area (Å²) in [5.74, 6) is -0.974. The molecule has 4 nitrogen and oxygen atoms in total. The Kier molecular flexibility index (Phi) is 4.42. The van der Waals surface area contributed by atoms with Crippen molar-refractivity contribution in [3.63, 3.8) is 0 Å². The van der Waals surface area contributed by atoms with Gasteiger partial charge < -0.3 is 14.7 Å². The first kappa shape index (κ1) is 14.8. The number of halogens is 1. The fraction of sp³-hybridized carbons (Fsp3) is 0.188. The minimum Gasteiger partial charge on any atom is -0.495 e. The highest BCUT2D eigenvalue weighted by Crippen LogP contribution is 2.28. The number of methoxy groups -OCH3 is 1.